The van der Waals surface area contributed by atoms with Crippen molar-refractivity contribution in [3.63, 3.8) is 0 Å². The molecule has 0 saturated carbocycles. The van der Waals surface area contributed by atoms with E-state index in [-0.39, 0.29) is 6.61 Å². The van der Waals surface area contributed by atoms with E-state index in [9.17, 15) is 27.6 Å². The van der Waals surface area contributed by atoms with E-state index in [1.165, 1.54) is 6.92 Å². The molecule has 1 unspecified atom stereocenters. The molecule has 18 heavy (non-hydrogen) atoms. The first-order valence-corrected chi connectivity index (χ1v) is 4.47. The number of alkyl halides is 3. The Bertz CT molecular complexity index is 355. The average Bonchev–Trinajstić information content (AvgIpc) is 2.26. The Morgan fingerprint density at radius 3 is 2.11 bits per heavy atom. The minimum atomic E-state index is -5.57. The molecule has 7 nitrogen and oxygen atoms in total. The predicted octanol–water partition coefficient (Wildman–Crippen LogP) is -0.910. The first-order chi connectivity index (χ1) is 8.10. The zero-order valence-electron chi connectivity index (χ0n) is 9.33. The lowest BCUT2D eigenvalue weighted by molar-refractivity contribution is -0.270. The molecular weight excluding hydrogens is 263 g/mol. The normalized spacial score (nSPS) is 14.3. The Kier molecular flexibility index (Phi) is 5.09. The van der Waals surface area contributed by atoms with Gasteiger partial charge < -0.3 is 19.9 Å². The van der Waals surface area contributed by atoms with Gasteiger partial charge in [0, 0.05) is 0 Å². The fourth-order valence-corrected chi connectivity index (χ4v) is 0.797. The van der Waals surface area contributed by atoms with Crippen LogP contribution in [0.4, 0.5) is 13.2 Å². The van der Waals surface area contributed by atoms with E-state index in [1.807, 2.05) is 0 Å². The summed E-state index contributed by atoms with van der Waals surface area (Å²) in [6.45, 7) is 1.04. The molecule has 0 aliphatic heterocycles. The average molecular weight is 273 g/mol. The molecule has 0 spiro atoms. The van der Waals surface area contributed by atoms with Crippen molar-refractivity contribution in [1.29, 1.82) is 0 Å². The highest BCUT2D eigenvalue weighted by molar-refractivity contribution is 6.33. The first-order valence-electron chi connectivity index (χ1n) is 4.47. The van der Waals surface area contributed by atoms with Gasteiger partial charge in [-0.2, -0.15) is 13.2 Å². The zero-order valence-corrected chi connectivity index (χ0v) is 9.33. The van der Waals surface area contributed by atoms with Crippen molar-refractivity contribution in [2.24, 2.45) is 0 Å². The number of amides is 1. The van der Waals surface area contributed by atoms with Gasteiger partial charge in [-0.25, -0.2) is 9.59 Å². The molecule has 0 saturated heterocycles. The van der Waals surface area contributed by atoms with E-state index in [2.05, 4.69) is 9.47 Å². The van der Waals surface area contributed by atoms with Gasteiger partial charge in [-0.3, -0.25) is 4.79 Å². The summed E-state index contributed by atoms with van der Waals surface area (Å²) in [5.41, 5.74) is -4.31. The summed E-state index contributed by atoms with van der Waals surface area (Å²) < 4.78 is 45.1. The monoisotopic (exact) mass is 273 g/mol. The number of carbonyl (C=O) groups is 3. The largest absolute Gasteiger partial charge is 0.465 e. The summed E-state index contributed by atoms with van der Waals surface area (Å²) in [6.07, 6.45) is -5.57. The van der Waals surface area contributed by atoms with Gasteiger partial charge in [-0.05, 0) is 6.92 Å². The van der Waals surface area contributed by atoms with Crippen molar-refractivity contribution in [2.75, 3.05) is 13.7 Å². The van der Waals surface area contributed by atoms with E-state index in [0.29, 0.717) is 7.11 Å². The molecule has 0 bridgehead atoms. The van der Waals surface area contributed by atoms with Crippen molar-refractivity contribution in [3.05, 3.63) is 0 Å². The van der Waals surface area contributed by atoms with Gasteiger partial charge in [0.05, 0.1) is 13.7 Å². The summed E-state index contributed by atoms with van der Waals surface area (Å²) in [6, 6.07) is 0. The minimum absolute atomic E-state index is 0.269. The van der Waals surface area contributed by atoms with Crippen LogP contribution < -0.4 is 5.32 Å². The van der Waals surface area contributed by atoms with Crippen LogP contribution in [0.3, 0.4) is 0 Å². The Morgan fingerprint density at radius 1 is 1.28 bits per heavy atom. The molecule has 0 aromatic carbocycles. The third-order valence-electron chi connectivity index (χ3n) is 1.65. The van der Waals surface area contributed by atoms with Gasteiger partial charge >= 0.3 is 29.7 Å². The maximum absolute atomic E-state index is 12.4. The number of rotatable bonds is 3. The lowest BCUT2D eigenvalue weighted by Gasteiger charge is -2.27. The second-order valence-corrected chi connectivity index (χ2v) is 2.87. The van der Waals surface area contributed by atoms with Crippen molar-refractivity contribution in [2.45, 2.75) is 18.8 Å². The third kappa shape index (κ3) is 3.32. The first kappa shape index (κ1) is 16.2. The van der Waals surface area contributed by atoms with Gasteiger partial charge in [0.15, 0.2) is 0 Å². The Morgan fingerprint density at radius 2 is 1.78 bits per heavy atom. The van der Waals surface area contributed by atoms with Crippen molar-refractivity contribution in [3.8, 4) is 0 Å². The quantitative estimate of drug-likeness (QED) is 0.392. The maximum atomic E-state index is 12.4. The number of aliphatic hydroxyl groups is 1. The number of carbonyl (C=O) groups excluding carboxylic acids is 3. The summed E-state index contributed by atoms with van der Waals surface area (Å²) >= 11 is 0. The molecule has 0 aliphatic carbocycles. The molecule has 0 heterocycles. The minimum Gasteiger partial charge on any atom is -0.465 e. The molecule has 0 aromatic rings. The highest BCUT2D eigenvalue weighted by Crippen LogP contribution is 2.29. The fourth-order valence-electron chi connectivity index (χ4n) is 0.797. The van der Waals surface area contributed by atoms with E-state index in [4.69, 9.17) is 5.11 Å². The topological polar surface area (TPSA) is 102 Å². The second kappa shape index (κ2) is 5.67. The Balaban J connectivity index is 5.11. The van der Waals surface area contributed by atoms with Crippen LogP contribution in [0.25, 0.3) is 0 Å². The van der Waals surface area contributed by atoms with Gasteiger partial charge in [0.25, 0.3) is 0 Å². The molecule has 0 fully saturated rings. The van der Waals surface area contributed by atoms with Gasteiger partial charge in [0.2, 0.25) is 0 Å². The Labute approximate surface area is 98.8 Å². The number of methoxy groups -OCH3 is 1. The molecule has 10 heteroatoms. The molecule has 104 valence electrons. The number of esters is 2. The highest BCUT2D eigenvalue weighted by atomic mass is 19.4. The summed E-state index contributed by atoms with van der Waals surface area (Å²) in [4.78, 5) is 32.6. The van der Waals surface area contributed by atoms with Crippen LogP contribution in [0.2, 0.25) is 0 Å². The molecule has 0 aliphatic rings. The van der Waals surface area contributed by atoms with E-state index in [1.54, 1.807) is 0 Å². The van der Waals surface area contributed by atoms with Gasteiger partial charge in [-0.1, -0.05) is 0 Å². The molecule has 1 amide bonds. The lowest BCUT2D eigenvalue weighted by atomic mass is 10.2. The number of ether oxygens (including phenoxy) is 2. The SMILES string of the molecule is CCOC(=O)C(=O)NC(O)(C(=O)OC)C(F)(F)F. The summed E-state index contributed by atoms with van der Waals surface area (Å²) in [5, 5.41) is 9.88. The smallest absolute Gasteiger partial charge is 0.448 e. The summed E-state index contributed by atoms with van der Waals surface area (Å²) in [7, 11) is 0.565. The van der Waals surface area contributed by atoms with Crippen LogP contribution in [0.1, 0.15) is 6.92 Å². The van der Waals surface area contributed by atoms with Crippen LogP contribution >= 0.6 is 0 Å². The number of nitrogens with one attached hydrogen (secondary N) is 1. The maximum Gasteiger partial charge on any atom is 0.448 e. The van der Waals surface area contributed by atoms with Crippen molar-refractivity contribution >= 4 is 17.8 Å². The number of hydrogen-bond donors (Lipinski definition) is 2. The van der Waals surface area contributed by atoms with Crippen LogP contribution in [0, 0.1) is 0 Å². The molecule has 0 aromatic heterocycles. The zero-order chi connectivity index (χ0) is 14.6. The third-order valence-corrected chi connectivity index (χ3v) is 1.65. The van der Waals surface area contributed by atoms with Crippen LogP contribution in [-0.2, 0) is 23.9 Å². The second-order valence-electron chi connectivity index (χ2n) is 2.87. The van der Waals surface area contributed by atoms with E-state index >= 15 is 0 Å². The van der Waals surface area contributed by atoms with Gasteiger partial charge in [0.1, 0.15) is 0 Å². The molecule has 0 radical (unpaired) electrons. The van der Waals surface area contributed by atoms with Crippen molar-refractivity contribution in [1.82, 2.24) is 5.32 Å². The highest BCUT2D eigenvalue weighted by Gasteiger charge is 2.62. The number of hydrogen-bond acceptors (Lipinski definition) is 6. The molecular formula is C8H10F3NO6. The predicted molar refractivity (Wildman–Crippen MR) is 47.8 cm³/mol. The lowest BCUT2D eigenvalue weighted by Crippen LogP contribution is -2.65. The Hall–Kier alpha value is -1.84. The standard InChI is InChI=1S/C8H10F3NO6/c1-3-18-5(14)4(13)12-7(16,6(15)17-2)8(9,10)11/h16H,3H2,1-2H3,(H,12,13). The van der Waals surface area contributed by atoms with E-state index in [0.717, 1.165) is 5.32 Å². The molecule has 0 rings (SSSR count). The summed E-state index contributed by atoms with van der Waals surface area (Å²) in [5.74, 6) is -5.79. The molecule has 1 atom stereocenters. The van der Waals surface area contributed by atoms with Gasteiger partial charge in [-0.15, -0.1) is 0 Å². The fraction of sp³-hybridized carbons (Fsp3) is 0.625. The van der Waals surface area contributed by atoms with Crippen LogP contribution in [0.15, 0.2) is 0 Å². The van der Waals surface area contributed by atoms with Crippen LogP contribution in [-0.4, -0.2) is 48.6 Å². The molecule has 2 N–H and O–H groups in total. The van der Waals surface area contributed by atoms with Crippen molar-refractivity contribution < 1.29 is 42.1 Å². The number of halogens is 3. The van der Waals surface area contributed by atoms with E-state index < -0.39 is 29.7 Å². The van der Waals surface area contributed by atoms with Crippen LogP contribution in [0.5, 0.6) is 0 Å².